The van der Waals surface area contributed by atoms with Crippen LogP contribution in [0, 0.1) is 0 Å². The van der Waals surface area contributed by atoms with Crippen LogP contribution in [0.4, 0.5) is 0 Å². The molecule has 0 radical (unpaired) electrons. The molecular formula is C23H20Cl2N2O4S2. The average Bonchev–Trinajstić information content (AvgIpc) is 3.46. The van der Waals surface area contributed by atoms with Gasteiger partial charge in [-0.3, -0.25) is 14.6 Å². The zero-order valence-electron chi connectivity index (χ0n) is 17.6. The third kappa shape index (κ3) is 5.31. The van der Waals surface area contributed by atoms with Gasteiger partial charge in [-0.05, 0) is 36.8 Å². The number of morpholine rings is 1. The van der Waals surface area contributed by atoms with E-state index < -0.39 is 0 Å². The van der Waals surface area contributed by atoms with Crippen LogP contribution in [-0.4, -0.2) is 60.3 Å². The number of aliphatic imine (C=N–C) groups is 1. The van der Waals surface area contributed by atoms with Crippen LogP contribution >= 0.6 is 45.9 Å². The molecule has 2 aromatic heterocycles. The second-order valence-electron chi connectivity index (χ2n) is 7.35. The van der Waals surface area contributed by atoms with Crippen molar-refractivity contribution in [3.8, 4) is 16.2 Å². The molecular weight excluding hydrogens is 503 g/mol. The Labute approximate surface area is 209 Å². The number of nitrogens with zero attached hydrogens (tertiary/aromatic N) is 2. The van der Waals surface area contributed by atoms with Gasteiger partial charge in [0.05, 0.1) is 37.9 Å². The number of ether oxygens (including phenoxy) is 1. The molecule has 0 unspecified atom stereocenters. The largest absolute Gasteiger partial charge is 0.506 e. The number of carbonyl (C=O) groups is 2. The smallest absolute Gasteiger partial charge is 0.264 e. The first-order valence-electron chi connectivity index (χ1n) is 10.1. The van der Waals surface area contributed by atoms with Gasteiger partial charge in [0.1, 0.15) is 12.3 Å². The fourth-order valence-electron chi connectivity index (χ4n) is 3.33. The summed E-state index contributed by atoms with van der Waals surface area (Å²) in [6.45, 7) is 3.83. The van der Waals surface area contributed by atoms with E-state index in [-0.39, 0.29) is 24.0 Å². The molecule has 1 aliphatic heterocycles. The number of hydrogen-bond acceptors (Lipinski definition) is 7. The minimum atomic E-state index is -0.181. The normalized spacial score (nSPS) is 14.5. The summed E-state index contributed by atoms with van der Waals surface area (Å²) < 4.78 is 5.28. The van der Waals surface area contributed by atoms with Crippen molar-refractivity contribution in [3.05, 3.63) is 61.1 Å². The maximum atomic E-state index is 12.6. The standard InChI is InChI=1S/C23H20Cl2N2O4S2/c1-13(15-12-32-22(21(15)29)14-2-3-16(24)17(25)10-14)26-11-18(28)19-4-5-20(33-19)23(30)27-6-8-31-9-7-27/h2-5,10,12,29H,6-9,11H2,1H3. The number of amides is 1. The van der Waals surface area contributed by atoms with Crippen molar-refractivity contribution in [2.75, 3.05) is 32.8 Å². The first kappa shape index (κ1) is 23.9. The lowest BCUT2D eigenvalue weighted by molar-refractivity contribution is 0.0306. The highest BCUT2D eigenvalue weighted by Gasteiger charge is 2.21. The zero-order valence-corrected chi connectivity index (χ0v) is 20.8. The van der Waals surface area contributed by atoms with Crippen molar-refractivity contribution in [2.24, 2.45) is 4.99 Å². The number of ketones is 1. The van der Waals surface area contributed by atoms with Crippen LogP contribution < -0.4 is 0 Å². The summed E-state index contributed by atoms with van der Waals surface area (Å²) in [6.07, 6.45) is 0. The summed E-state index contributed by atoms with van der Waals surface area (Å²) in [7, 11) is 0. The monoisotopic (exact) mass is 522 g/mol. The van der Waals surface area contributed by atoms with E-state index in [0.717, 1.165) is 5.56 Å². The minimum Gasteiger partial charge on any atom is -0.506 e. The molecule has 0 aliphatic carbocycles. The molecule has 0 spiro atoms. The Morgan fingerprint density at radius 3 is 2.58 bits per heavy atom. The van der Waals surface area contributed by atoms with Gasteiger partial charge in [0.25, 0.3) is 5.91 Å². The van der Waals surface area contributed by atoms with Crippen LogP contribution in [0.5, 0.6) is 5.75 Å². The van der Waals surface area contributed by atoms with Crippen molar-refractivity contribution in [1.29, 1.82) is 0 Å². The summed E-state index contributed by atoms with van der Waals surface area (Å²) in [5, 5.41) is 13.3. The molecule has 1 aromatic carbocycles. The Kier molecular flexibility index (Phi) is 7.51. The van der Waals surface area contributed by atoms with Gasteiger partial charge in [-0.15, -0.1) is 22.7 Å². The molecule has 0 atom stereocenters. The molecule has 1 saturated heterocycles. The van der Waals surface area contributed by atoms with Crippen molar-refractivity contribution in [1.82, 2.24) is 4.90 Å². The lowest BCUT2D eigenvalue weighted by Crippen LogP contribution is -2.40. The SMILES string of the molecule is CC(=NCC(=O)c1ccc(C(=O)N2CCOCC2)s1)c1csc(-c2ccc(Cl)c(Cl)c2)c1O. The summed E-state index contributed by atoms with van der Waals surface area (Å²) in [6, 6.07) is 8.50. The second kappa shape index (κ2) is 10.4. The predicted molar refractivity (Wildman–Crippen MR) is 134 cm³/mol. The highest BCUT2D eigenvalue weighted by Crippen LogP contribution is 2.40. The topological polar surface area (TPSA) is 79.2 Å². The van der Waals surface area contributed by atoms with E-state index in [1.165, 1.54) is 22.7 Å². The molecule has 1 amide bonds. The van der Waals surface area contributed by atoms with Gasteiger partial charge < -0.3 is 14.7 Å². The number of Topliss-reactive ketones (excluding diaryl/α,β-unsaturated/α-hetero) is 1. The number of hydrogen-bond donors (Lipinski definition) is 1. The van der Waals surface area contributed by atoms with Crippen molar-refractivity contribution in [2.45, 2.75) is 6.92 Å². The molecule has 4 rings (SSSR count). The summed E-state index contributed by atoms with van der Waals surface area (Å²) >= 11 is 14.6. The molecule has 6 nitrogen and oxygen atoms in total. The Bertz CT molecular complexity index is 1230. The molecule has 10 heteroatoms. The third-order valence-corrected chi connectivity index (χ3v) is 8.06. The Balaban J connectivity index is 1.44. The van der Waals surface area contributed by atoms with Crippen molar-refractivity contribution in [3.63, 3.8) is 0 Å². The minimum absolute atomic E-state index is 0.0745. The maximum Gasteiger partial charge on any atom is 0.264 e. The van der Waals surface area contributed by atoms with Gasteiger partial charge in [-0.25, -0.2) is 0 Å². The van der Waals surface area contributed by atoms with Crippen LogP contribution in [0.15, 0.2) is 40.7 Å². The first-order valence-corrected chi connectivity index (χ1v) is 12.6. The number of carbonyl (C=O) groups excluding carboxylic acids is 2. The van der Waals surface area contributed by atoms with E-state index in [0.29, 0.717) is 62.3 Å². The number of benzene rings is 1. The Morgan fingerprint density at radius 2 is 1.85 bits per heavy atom. The van der Waals surface area contributed by atoms with Crippen LogP contribution in [0.2, 0.25) is 10.0 Å². The van der Waals surface area contributed by atoms with E-state index in [2.05, 4.69) is 4.99 Å². The van der Waals surface area contributed by atoms with Gasteiger partial charge in [0, 0.05) is 29.7 Å². The molecule has 0 bridgehead atoms. The van der Waals surface area contributed by atoms with Gasteiger partial charge in [0.2, 0.25) is 0 Å². The van der Waals surface area contributed by atoms with E-state index in [4.69, 9.17) is 27.9 Å². The molecule has 3 heterocycles. The van der Waals surface area contributed by atoms with E-state index in [1.807, 2.05) is 0 Å². The van der Waals surface area contributed by atoms with Gasteiger partial charge in [-0.1, -0.05) is 29.3 Å². The van der Waals surface area contributed by atoms with Crippen LogP contribution in [0.3, 0.4) is 0 Å². The van der Waals surface area contributed by atoms with Crippen LogP contribution in [0.25, 0.3) is 10.4 Å². The fraction of sp³-hybridized carbons (Fsp3) is 0.261. The number of aromatic hydroxyl groups is 1. The number of thiophene rings is 2. The van der Waals surface area contributed by atoms with Gasteiger partial charge in [0.15, 0.2) is 5.78 Å². The lowest BCUT2D eigenvalue weighted by atomic mass is 10.1. The quantitative estimate of drug-likeness (QED) is 0.335. The number of rotatable bonds is 6. The predicted octanol–water partition coefficient (Wildman–Crippen LogP) is 5.65. The highest BCUT2D eigenvalue weighted by atomic mass is 35.5. The van der Waals surface area contributed by atoms with E-state index >= 15 is 0 Å². The highest BCUT2D eigenvalue weighted by molar-refractivity contribution is 7.16. The second-order valence-corrected chi connectivity index (χ2v) is 10.1. The molecule has 3 aromatic rings. The molecule has 1 N–H and O–H groups in total. The Morgan fingerprint density at radius 1 is 1.12 bits per heavy atom. The molecule has 0 saturated carbocycles. The first-order chi connectivity index (χ1) is 15.8. The van der Waals surface area contributed by atoms with Gasteiger partial charge in [-0.2, -0.15) is 0 Å². The van der Waals surface area contributed by atoms with E-state index in [1.54, 1.807) is 47.5 Å². The number of halogens is 2. The van der Waals surface area contributed by atoms with Crippen LogP contribution in [-0.2, 0) is 4.74 Å². The molecule has 1 aliphatic rings. The summed E-state index contributed by atoms with van der Waals surface area (Å²) in [5.74, 6) is -0.179. The van der Waals surface area contributed by atoms with Crippen molar-refractivity contribution >= 4 is 63.3 Å². The maximum absolute atomic E-state index is 12.6. The Hall–Kier alpha value is -2.23. The summed E-state index contributed by atoms with van der Waals surface area (Å²) in [5.41, 5.74) is 1.85. The third-order valence-electron chi connectivity index (χ3n) is 5.19. The van der Waals surface area contributed by atoms with Crippen LogP contribution in [0.1, 0.15) is 31.8 Å². The van der Waals surface area contributed by atoms with E-state index in [9.17, 15) is 14.7 Å². The van der Waals surface area contributed by atoms with Crippen molar-refractivity contribution < 1.29 is 19.4 Å². The fourth-order valence-corrected chi connectivity index (χ4v) is 5.53. The molecule has 172 valence electrons. The molecule has 33 heavy (non-hydrogen) atoms. The van der Waals surface area contributed by atoms with Gasteiger partial charge >= 0.3 is 0 Å². The molecule has 1 fully saturated rings. The summed E-state index contributed by atoms with van der Waals surface area (Å²) in [4.78, 5) is 33.0. The average molecular weight is 523 g/mol. The lowest BCUT2D eigenvalue weighted by Gasteiger charge is -2.26. The zero-order chi connectivity index (χ0) is 23.5.